The molecule has 0 atom stereocenters. The zero-order chi connectivity index (χ0) is 14.9. The first-order valence-electron chi connectivity index (χ1n) is 5.91. The second-order valence-electron chi connectivity index (χ2n) is 4.39. The lowest BCUT2D eigenvalue weighted by atomic mass is 10.2. The molecule has 1 aromatic carbocycles. The lowest BCUT2D eigenvalue weighted by Gasteiger charge is -2.08. The molecule has 0 aliphatic rings. The van der Waals surface area contributed by atoms with Crippen molar-refractivity contribution in [2.75, 3.05) is 5.73 Å². The molecule has 0 fully saturated rings. The standard InChI is InChI=1S/C13H14BrFN4O/c1-7-11(16)12(19(2)18-7)13(20)17-6-8-5-9(14)3-4-10(8)15/h3-5H,6,16H2,1-2H3,(H,17,20). The highest BCUT2D eigenvalue weighted by molar-refractivity contribution is 9.10. The van der Waals surface area contributed by atoms with E-state index < -0.39 is 0 Å². The van der Waals surface area contributed by atoms with E-state index in [0.29, 0.717) is 16.9 Å². The second kappa shape index (κ2) is 5.62. The van der Waals surface area contributed by atoms with Crippen LogP contribution in [0.4, 0.5) is 10.1 Å². The largest absolute Gasteiger partial charge is 0.395 e. The maximum atomic E-state index is 13.6. The van der Waals surface area contributed by atoms with Crippen molar-refractivity contribution < 1.29 is 9.18 Å². The van der Waals surface area contributed by atoms with Crippen molar-refractivity contribution in [1.29, 1.82) is 0 Å². The molecule has 0 unspecified atom stereocenters. The smallest absolute Gasteiger partial charge is 0.271 e. The number of aromatic nitrogens is 2. The molecule has 0 saturated heterocycles. The first kappa shape index (κ1) is 14.5. The van der Waals surface area contributed by atoms with E-state index in [1.807, 2.05) is 0 Å². The highest BCUT2D eigenvalue weighted by atomic mass is 79.9. The van der Waals surface area contributed by atoms with E-state index in [1.54, 1.807) is 26.1 Å². The van der Waals surface area contributed by atoms with Gasteiger partial charge >= 0.3 is 0 Å². The van der Waals surface area contributed by atoms with Crippen LogP contribution < -0.4 is 11.1 Å². The maximum Gasteiger partial charge on any atom is 0.271 e. The first-order valence-corrected chi connectivity index (χ1v) is 6.70. The minimum atomic E-state index is -0.384. The summed E-state index contributed by atoms with van der Waals surface area (Å²) in [5.41, 5.74) is 7.39. The zero-order valence-electron chi connectivity index (χ0n) is 11.1. The third-order valence-electron chi connectivity index (χ3n) is 2.93. The number of aryl methyl sites for hydroxylation is 2. The van der Waals surface area contributed by atoms with Crippen LogP contribution in [0.5, 0.6) is 0 Å². The van der Waals surface area contributed by atoms with Crippen LogP contribution in [0.2, 0.25) is 0 Å². The van der Waals surface area contributed by atoms with Gasteiger partial charge in [-0.2, -0.15) is 5.10 Å². The number of nitrogens with one attached hydrogen (secondary N) is 1. The van der Waals surface area contributed by atoms with Crippen LogP contribution in [0, 0.1) is 12.7 Å². The molecule has 1 aromatic heterocycles. The highest BCUT2D eigenvalue weighted by Gasteiger charge is 2.17. The van der Waals surface area contributed by atoms with Gasteiger partial charge in [-0.25, -0.2) is 4.39 Å². The molecule has 20 heavy (non-hydrogen) atoms. The number of benzene rings is 1. The number of amides is 1. The van der Waals surface area contributed by atoms with Crippen molar-refractivity contribution in [3.8, 4) is 0 Å². The number of hydrogen-bond donors (Lipinski definition) is 2. The van der Waals surface area contributed by atoms with Gasteiger partial charge in [0.2, 0.25) is 0 Å². The highest BCUT2D eigenvalue weighted by Crippen LogP contribution is 2.17. The van der Waals surface area contributed by atoms with Crippen molar-refractivity contribution in [2.45, 2.75) is 13.5 Å². The number of carbonyl (C=O) groups is 1. The molecule has 1 amide bonds. The number of nitrogens with zero attached hydrogens (tertiary/aromatic N) is 2. The van der Waals surface area contributed by atoms with E-state index in [1.165, 1.54) is 10.7 Å². The minimum Gasteiger partial charge on any atom is -0.395 e. The van der Waals surface area contributed by atoms with Crippen molar-refractivity contribution >= 4 is 27.5 Å². The summed E-state index contributed by atoms with van der Waals surface area (Å²) in [6.07, 6.45) is 0. The summed E-state index contributed by atoms with van der Waals surface area (Å²) in [6.45, 7) is 1.80. The molecule has 2 aromatic rings. The Morgan fingerprint density at radius 3 is 2.85 bits per heavy atom. The van der Waals surface area contributed by atoms with E-state index in [0.717, 1.165) is 4.47 Å². The molecule has 7 heteroatoms. The van der Waals surface area contributed by atoms with Gasteiger partial charge in [0.15, 0.2) is 0 Å². The maximum absolute atomic E-state index is 13.6. The van der Waals surface area contributed by atoms with Gasteiger partial charge in [-0.15, -0.1) is 0 Å². The number of carbonyl (C=O) groups excluding carboxylic acids is 1. The van der Waals surface area contributed by atoms with Gasteiger partial charge in [0, 0.05) is 23.6 Å². The van der Waals surface area contributed by atoms with Crippen LogP contribution in [0.15, 0.2) is 22.7 Å². The fourth-order valence-corrected chi connectivity index (χ4v) is 2.29. The summed E-state index contributed by atoms with van der Waals surface area (Å²) in [5, 5.41) is 6.71. The Morgan fingerprint density at radius 1 is 1.55 bits per heavy atom. The van der Waals surface area contributed by atoms with E-state index in [4.69, 9.17) is 5.73 Å². The average molecular weight is 341 g/mol. The van der Waals surface area contributed by atoms with Crippen LogP contribution in [0.3, 0.4) is 0 Å². The summed E-state index contributed by atoms with van der Waals surface area (Å²) in [6, 6.07) is 4.56. The van der Waals surface area contributed by atoms with Gasteiger partial charge in [0.25, 0.3) is 5.91 Å². The molecule has 0 spiro atoms. The van der Waals surface area contributed by atoms with E-state index in [2.05, 4.69) is 26.3 Å². The number of hydrogen-bond acceptors (Lipinski definition) is 3. The SMILES string of the molecule is Cc1nn(C)c(C(=O)NCc2cc(Br)ccc2F)c1N. The monoisotopic (exact) mass is 340 g/mol. The molecular formula is C13H14BrFN4O. The number of rotatable bonds is 3. The van der Waals surface area contributed by atoms with Crippen LogP contribution >= 0.6 is 15.9 Å². The predicted octanol–water partition coefficient (Wildman–Crippen LogP) is 2.14. The quantitative estimate of drug-likeness (QED) is 0.898. The number of nitrogen functional groups attached to an aromatic ring is 1. The molecule has 0 aliphatic carbocycles. The molecule has 106 valence electrons. The van der Waals surface area contributed by atoms with Crippen LogP contribution in [-0.2, 0) is 13.6 Å². The Hall–Kier alpha value is -1.89. The summed E-state index contributed by atoms with van der Waals surface area (Å²) in [7, 11) is 1.64. The van der Waals surface area contributed by atoms with Crippen LogP contribution in [0.25, 0.3) is 0 Å². The Balaban J connectivity index is 2.15. The minimum absolute atomic E-state index is 0.0772. The number of halogens is 2. The van der Waals surface area contributed by atoms with Gasteiger partial charge in [0.1, 0.15) is 11.5 Å². The van der Waals surface area contributed by atoms with Crippen molar-refractivity contribution in [3.63, 3.8) is 0 Å². The fraction of sp³-hybridized carbons (Fsp3) is 0.231. The first-order chi connectivity index (χ1) is 9.40. The van der Waals surface area contributed by atoms with Crippen molar-refractivity contribution in [2.24, 2.45) is 7.05 Å². The predicted molar refractivity (Wildman–Crippen MR) is 77.6 cm³/mol. The molecule has 0 aliphatic heterocycles. The third-order valence-corrected chi connectivity index (χ3v) is 3.42. The number of nitrogens with two attached hydrogens (primary N) is 1. The van der Waals surface area contributed by atoms with Crippen molar-refractivity contribution in [3.05, 3.63) is 45.4 Å². The topological polar surface area (TPSA) is 72.9 Å². The summed E-state index contributed by atoms with van der Waals surface area (Å²) in [4.78, 5) is 12.1. The normalized spacial score (nSPS) is 10.6. The van der Waals surface area contributed by atoms with E-state index in [9.17, 15) is 9.18 Å². The second-order valence-corrected chi connectivity index (χ2v) is 5.31. The molecular weight excluding hydrogens is 327 g/mol. The molecule has 1 heterocycles. The fourth-order valence-electron chi connectivity index (χ4n) is 1.88. The molecule has 0 bridgehead atoms. The lowest BCUT2D eigenvalue weighted by Crippen LogP contribution is -2.26. The van der Waals surface area contributed by atoms with Crippen LogP contribution in [0.1, 0.15) is 21.7 Å². The van der Waals surface area contributed by atoms with Crippen molar-refractivity contribution in [1.82, 2.24) is 15.1 Å². The lowest BCUT2D eigenvalue weighted by molar-refractivity contribution is 0.0942. The average Bonchev–Trinajstić information content (AvgIpc) is 2.64. The summed E-state index contributed by atoms with van der Waals surface area (Å²) in [5.74, 6) is -0.757. The van der Waals surface area contributed by atoms with E-state index in [-0.39, 0.29) is 24.0 Å². The van der Waals surface area contributed by atoms with Gasteiger partial charge in [-0.3, -0.25) is 9.48 Å². The van der Waals surface area contributed by atoms with E-state index >= 15 is 0 Å². The summed E-state index contributed by atoms with van der Waals surface area (Å²) >= 11 is 3.26. The number of anilines is 1. The molecule has 5 nitrogen and oxygen atoms in total. The molecule has 2 rings (SSSR count). The molecule has 3 N–H and O–H groups in total. The third kappa shape index (κ3) is 2.82. The van der Waals surface area contributed by atoms with Gasteiger partial charge < -0.3 is 11.1 Å². The molecule has 0 saturated carbocycles. The van der Waals surface area contributed by atoms with Gasteiger partial charge in [0.05, 0.1) is 11.4 Å². The Kier molecular flexibility index (Phi) is 4.08. The Labute approximate surface area is 124 Å². The Morgan fingerprint density at radius 2 is 2.25 bits per heavy atom. The van der Waals surface area contributed by atoms with Gasteiger partial charge in [-0.05, 0) is 25.1 Å². The molecule has 0 radical (unpaired) electrons. The van der Waals surface area contributed by atoms with Crippen LogP contribution in [-0.4, -0.2) is 15.7 Å². The van der Waals surface area contributed by atoms with Gasteiger partial charge in [-0.1, -0.05) is 15.9 Å². The summed E-state index contributed by atoms with van der Waals surface area (Å²) < 4.78 is 15.7. The Bertz CT molecular complexity index is 669. The zero-order valence-corrected chi connectivity index (χ0v) is 12.7.